The Bertz CT molecular complexity index is 539. The van der Waals surface area contributed by atoms with Crippen LogP contribution in [0, 0.1) is 0 Å². The minimum Gasteiger partial charge on any atom is -0.356 e. The fourth-order valence-corrected chi connectivity index (χ4v) is 4.60. The van der Waals surface area contributed by atoms with Gasteiger partial charge in [-0.15, -0.1) is 0 Å². The molecule has 1 heterocycles. The van der Waals surface area contributed by atoms with Crippen molar-refractivity contribution in [3.8, 4) is 0 Å². The molecule has 2 rings (SSSR count). The molecule has 1 aromatic carbocycles. The average Bonchev–Trinajstić information content (AvgIpc) is 3.14. The number of benzene rings is 1. The SMILES string of the molecule is CCCCCCCCCCN1C=CN(Cc2ccccc2)C1CCCCCCCC. The quantitative estimate of drug-likeness (QED) is 0.223. The van der Waals surface area contributed by atoms with Crippen molar-refractivity contribution < 1.29 is 0 Å². The normalized spacial score (nSPS) is 16.0. The standard InChI is InChI=1S/C28H48N2/c1-3-5-7-9-11-12-14-19-23-29-24-25-30(26-27-20-16-15-17-21-27)28(29)22-18-13-10-8-6-4-2/h15-17,20-21,24-25,28H,3-14,18-19,22-23,26H2,1-2H3. The number of hydrogen-bond donors (Lipinski definition) is 0. The van der Waals surface area contributed by atoms with E-state index in [-0.39, 0.29) is 0 Å². The first-order chi connectivity index (χ1) is 14.8. The van der Waals surface area contributed by atoms with E-state index >= 15 is 0 Å². The largest absolute Gasteiger partial charge is 0.356 e. The zero-order chi connectivity index (χ0) is 21.3. The van der Waals surface area contributed by atoms with Gasteiger partial charge < -0.3 is 9.80 Å². The molecule has 0 radical (unpaired) electrons. The predicted octanol–water partition coefficient (Wildman–Crippen LogP) is 8.49. The van der Waals surface area contributed by atoms with Gasteiger partial charge in [-0.1, -0.05) is 121 Å². The van der Waals surface area contributed by atoms with Crippen LogP contribution in [0.1, 0.15) is 116 Å². The average molecular weight is 413 g/mol. The molecule has 1 unspecified atom stereocenters. The maximum absolute atomic E-state index is 2.63. The summed E-state index contributed by atoms with van der Waals surface area (Å²) in [6, 6.07) is 11.0. The monoisotopic (exact) mass is 412 g/mol. The van der Waals surface area contributed by atoms with Crippen LogP contribution in [-0.4, -0.2) is 22.5 Å². The van der Waals surface area contributed by atoms with Crippen LogP contribution in [0.4, 0.5) is 0 Å². The molecule has 1 aromatic rings. The second kappa shape index (κ2) is 16.3. The van der Waals surface area contributed by atoms with E-state index in [4.69, 9.17) is 0 Å². The van der Waals surface area contributed by atoms with Crippen LogP contribution in [0.5, 0.6) is 0 Å². The summed E-state index contributed by atoms with van der Waals surface area (Å²) in [6.07, 6.45) is 26.1. The molecule has 2 nitrogen and oxygen atoms in total. The van der Waals surface area contributed by atoms with Crippen molar-refractivity contribution >= 4 is 0 Å². The van der Waals surface area contributed by atoms with Crippen LogP contribution < -0.4 is 0 Å². The highest BCUT2D eigenvalue weighted by molar-refractivity contribution is 5.15. The van der Waals surface area contributed by atoms with Crippen LogP contribution in [0.3, 0.4) is 0 Å². The molecule has 0 spiro atoms. The Labute approximate surface area is 187 Å². The topological polar surface area (TPSA) is 6.48 Å². The van der Waals surface area contributed by atoms with Crippen molar-refractivity contribution in [3.05, 3.63) is 48.3 Å². The maximum Gasteiger partial charge on any atom is 0.101 e. The van der Waals surface area contributed by atoms with E-state index in [0.29, 0.717) is 6.17 Å². The Morgan fingerprint density at radius 3 is 1.77 bits per heavy atom. The lowest BCUT2D eigenvalue weighted by atomic mass is 10.1. The van der Waals surface area contributed by atoms with Crippen molar-refractivity contribution in [1.82, 2.24) is 9.80 Å². The fraction of sp³-hybridized carbons (Fsp3) is 0.714. The van der Waals surface area contributed by atoms with Gasteiger partial charge >= 0.3 is 0 Å². The van der Waals surface area contributed by atoms with Gasteiger partial charge in [-0.3, -0.25) is 0 Å². The van der Waals surface area contributed by atoms with Crippen molar-refractivity contribution in [2.45, 2.75) is 123 Å². The lowest BCUT2D eigenvalue weighted by molar-refractivity contribution is 0.132. The number of hydrogen-bond acceptors (Lipinski definition) is 2. The highest BCUT2D eigenvalue weighted by Crippen LogP contribution is 2.24. The van der Waals surface area contributed by atoms with Crippen molar-refractivity contribution in [2.24, 2.45) is 0 Å². The molecule has 0 saturated heterocycles. The highest BCUT2D eigenvalue weighted by atomic mass is 15.4. The first-order valence-corrected chi connectivity index (χ1v) is 13.1. The van der Waals surface area contributed by atoms with E-state index < -0.39 is 0 Å². The molecule has 0 N–H and O–H groups in total. The maximum atomic E-state index is 2.63. The molecule has 1 atom stereocenters. The van der Waals surface area contributed by atoms with Gasteiger partial charge in [-0.25, -0.2) is 0 Å². The van der Waals surface area contributed by atoms with Gasteiger partial charge in [0.05, 0.1) is 0 Å². The van der Waals surface area contributed by atoms with Crippen molar-refractivity contribution in [2.75, 3.05) is 6.54 Å². The predicted molar refractivity (Wildman–Crippen MR) is 132 cm³/mol. The number of unbranched alkanes of at least 4 members (excludes halogenated alkanes) is 12. The lowest BCUT2D eigenvalue weighted by Crippen LogP contribution is -2.38. The van der Waals surface area contributed by atoms with Crippen molar-refractivity contribution in [1.29, 1.82) is 0 Å². The Morgan fingerprint density at radius 1 is 0.600 bits per heavy atom. The second-order valence-electron chi connectivity index (χ2n) is 9.21. The van der Waals surface area contributed by atoms with Gasteiger partial charge in [-0.2, -0.15) is 0 Å². The minimum atomic E-state index is 0.556. The molecule has 30 heavy (non-hydrogen) atoms. The van der Waals surface area contributed by atoms with Crippen LogP contribution in [0.25, 0.3) is 0 Å². The van der Waals surface area contributed by atoms with Gasteiger partial charge in [0.1, 0.15) is 6.17 Å². The van der Waals surface area contributed by atoms with E-state index in [0.717, 1.165) is 6.54 Å². The van der Waals surface area contributed by atoms with Gasteiger partial charge in [0, 0.05) is 25.5 Å². The molecule has 0 aliphatic carbocycles. The van der Waals surface area contributed by atoms with Gasteiger partial charge in [0.15, 0.2) is 0 Å². The summed E-state index contributed by atoms with van der Waals surface area (Å²) >= 11 is 0. The summed E-state index contributed by atoms with van der Waals surface area (Å²) < 4.78 is 0. The first kappa shape index (κ1) is 24.8. The third-order valence-corrected chi connectivity index (χ3v) is 6.51. The molecule has 0 saturated carbocycles. The van der Waals surface area contributed by atoms with Crippen LogP contribution in [0.15, 0.2) is 42.7 Å². The number of rotatable bonds is 18. The number of nitrogens with zero attached hydrogens (tertiary/aromatic N) is 2. The van der Waals surface area contributed by atoms with Crippen LogP contribution >= 0.6 is 0 Å². The van der Waals surface area contributed by atoms with Crippen molar-refractivity contribution in [3.63, 3.8) is 0 Å². The second-order valence-corrected chi connectivity index (χ2v) is 9.21. The van der Waals surface area contributed by atoms with Crippen LogP contribution in [-0.2, 0) is 6.54 Å². The molecule has 1 aliphatic rings. The molecular weight excluding hydrogens is 364 g/mol. The molecular formula is C28H48N2. The van der Waals surface area contributed by atoms with E-state index in [1.54, 1.807) is 0 Å². The Balaban J connectivity index is 1.73. The van der Waals surface area contributed by atoms with E-state index in [9.17, 15) is 0 Å². The fourth-order valence-electron chi connectivity index (χ4n) is 4.60. The summed E-state index contributed by atoms with van der Waals surface area (Å²) in [5.41, 5.74) is 1.42. The smallest absolute Gasteiger partial charge is 0.101 e. The Morgan fingerprint density at radius 2 is 1.13 bits per heavy atom. The molecule has 0 aromatic heterocycles. The summed E-state index contributed by atoms with van der Waals surface area (Å²) in [5, 5.41) is 0. The zero-order valence-corrected chi connectivity index (χ0v) is 20.0. The summed E-state index contributed by atoms with van der Waals surface area (Å²) in [4.78, 5) is 5.21. The first-order valence-electron chi connectivity index (χ1n) is 13.1. The molecule has 0 bridgehead atoms. The molecule has 0 fully saturated rings. The van der Waals surface area contributed by atoms with E-state index in [1.165, 1.54) is 108 Å². The Hall–Kier alpha value is -1.44. The van der Waals surface area contributed by atoms with E-state index in [1.807, 2.05) is 0 Å². The molecule has 1 aliphatic heterocycles. The molecule has 2 heteroatoms. The minimum absolute atomic E-state index is 0.556. The lowest BCUT2D eigenvalue weighted by Gasteiger charge is -2.33. The molecule has 0 amide bonds. The Kier molecular flexibility index (Phi) is 13.5. The third-order valence-electron chi connectivity index (χ3n) is 6.51. The van der Waals surface area contributed by atoms with Gasteiger partial charge in [-0.05, 0) is 24.8 Å². The van der Waals surface area contributed by atoms with Gasteiger partial charge in [0.2, 0.25) is 0 Å². The van der Waals surface area contributed by atoms with Gasteiger partial charge in [0.25, 0.3) is 0 Å². The summed E-state index contributed by atoms with van der Waals surface area (Å²) in [6.45, 7) is 6.85. The zero-order valence-electron chi connectivity index (χ0n) is 20.0. The summed E-state index contributed by atoms with van der Waals surface area (Å²) in [7, 11) is 0. The van der Waals surface area contributed by atoms with E-state index in [2.05, 4.69) is 66.4 Å². The molecule has 170 valence electrons. The highest BCUT2D eigenvalue weighted by Gasteiger charge is 2.25. The van der Waals surface area contributed by atoms with Crippen LogP contribution in [0.2, 0.25) is 0 Å². The third kappa shape index (κ3) is 10.0. The summed E-state index contributed by atoms with van der Waals surface area (Å²) in [5.74, 6) is 0.